The van der Waals surface area contributed by atoms with Crippen LogP contribution in [0.25, 0.3) is 0 Å². The van der Waals surface area contributed by atoms with E-state index in [1.165, 1.54) is 24.3 Å². The van der Waals surface area contributed by atoms with Crippen molar-refractivity contribution in [1.29, 1.82) is 0 Å². The molecule has 2 aromatic carbocycles. The number of hydrogen-bond donors (Lipinski definition) is 1. The van der Waals surface area contributed by atoms with E-state index in [0.717, 1.165) is 9.87 Å². The zero-order valence-corrected chi connectivity index (χ0v) is 13.6. The van der Waals surface area contributed by atoms with Gasteiger partial charge in [0.05, 0.1) is 4.90 Å². The minimum absolute atomic E-state index is 0.0855. The van der Waals surface area contributed by atoms with Crippen molar-refractivity contribution in [3.8, 4) is 0 Å². The smallest absolute Gasteiger partial charge is 0.266 e. The molecule has 0 aliphatic carbocycles. The Balaban J connectivity index is 1.92. The minimum Gasteiger partial charge on any atom is -0.366 e. The van der Waals surface area contributed by atoms with Gasteiger partial charge in [-0.25, -0.2) is 12.7 Å². The molecule has 1 aliphatic heterocycles. The van der Waals surface area contributed by atoms with Crippen molar-refractivity contribution in [2.75, 3.05) is 6.54 Å². The van der Waals surface area contributed by atoms with Crippen molar-refractivity contribution in [2.24, 2.45) is 5.73 Å². The number of carbonyl (C=O) groups is 2. The van der Waals surface area contributed by atoms with Crippen LogP contribution in [-0.2, 0) is 14.8 Å². The fourth-order valence-electron chi connectivity index (χ4n) is 2.80. The number of sulfonamides is 1. The summed E-state index contributed by atoms with van der Waals surface area (Å²) in [7, 11) is -4.01. The van der Waals surface area contributed by atoms with Crippen molar-refractivity contribution in [3.63, 3.8) is 0 Å². The summed E-state index contributed by atoms with van der Waals surface area (Å²) >= 11 is 0. The summed E-state index contributed by atoms with van der Waals surface area (Å²) < 4.78 is 26.4. The van der Waals surface area contributed by atoms with Crippen LogP contribution in [0.4, 0.5) is 0 Å². The van der Waals surface area contributed by atoms with Gasteiger partial charge in [0.1, 0.15) is 0 Å². The topological polar surface area (TPSA) is 97.5 Å². The first-order chi connectivity index (χ1) is 11.4. The van der Waals surface area contributed by atoms with Crippen LogP contribution in [0.1, 0.15) is 28.3 Å². The van der Waals surface area contributed by atoms with Crippen LogP contribution in [0.3, 0.4) is 0 Å². The molecule has 1 heterocycles. The second-order valence-corrected chi connectivity index (χ2v) is 7.50. The van der Waals surface area contributed by atoms with E-state index in [2.05, 4.69) is 0 Å². The van der Waals surface area contributed by atoms with Crippen LogP contribution in [0, 0.1) is 0 Å². The Hall–Kier alpha value is -2.67. The molecule has 2 aromatic rings. The monoisotopic (exact) mass is 344 g/mol. The summed E-state index contributed by atoms with van der Waals surface area (Å²) in [4.78, 5) is 23.4. The van der Waals surface area contributed by atoms with Crippen LogP contribution in [0.2, 0.25) is 0 Å². The molecule has 3 rings (SSSR count). The first kappa shape index (κ1) is 16.2. The number of benzene rings is 2. The molecule has 1 atom stereocenters. The average Bonchev–Trinajstić information content (AvgIpc) is 2.98. The van der Waals surface area contributed by atoms with E-state index in [0.29, 0.717) is 0 Å². The summed E-state index contributed by atoms with van der Waals surface area (Å²) in [5.74, 6) is -1.34. The molecule has 1 fully saturated rings. The lowest BCUT2D eigenvalue weighted by Gasteiger charge is -2.17. The number of hydrogen-bond acceptors (Lipinski definition) is 4. The molecule has 6 nitrogen and oxygen atoms in total. The van der Waals surface area contributed by atoms with E-state index in [4.69, 9.17) is 5.73 Å². The van der Waals surface area contributed by atoms with Gasteiger partial charge in [-0.1, -0.05) is 36.4 Å². The summed E-state index contributed by atoms with van der Waals surface area (Å²) in [5.41, 5.74) is 6.20. The van der Waals surface area contributed by atoms with Crippen LogP contribution in [-0.4, -0.2) is 31.1 Å². The number of rotatable bonds is 4. The summed E-state index contributed by atoms with van der Waals surface area (Å²) in [5, 5.41) is 0. The van der Waals surface area contributed by atoms with Crippen molar-refractivity contribution in [3.05, 3.63) is 65.7 Å². The normalized spacial score (nSPS) is 17.9. The molecule has 0 spiro atoms. The van der Waals surface area contributed by atoms with Crippen molar-refractivity contribution in [2.45, 2.75) is 17.2 Å². The van der Waals surface area contributed by atoms with Crippen LogP contribution >= 0.6 is 0 Å². The number of carbonyl (C=O) groups excluding carboxylic acids is 2. The molecule has 2 amide bonds. The number of nitrogens with zero attached hydrogens (tertiary/aromatic N) is 1. The number of amides is 2. The lowest BCUT2D eigenvalue weighted by molar-refractivity contribution is -0.123. The average molecular weight is 344 g/mol. The molecular weight excluding hydrogens is 328 g/mol. The highest BCUT2D eigenvalue weighted by atomic mass is 32.2. The quantitative estimate of drug-likeness (QED) is 0.908. The molecule has 1 aliphatic rings. The molecule has 0 radical (unpaired) electrons. The number of primary amides is 1. The maximum Gasteiger partial charge on any atom is 0.266 e. The Labute approximate surface area is 139 Å². The highest BCUT2D eigenvalue weighted by Gasteiger charge is 2.39. The summed E-state index contributed by atoms with van der Waals surface area (Å²) in [6, 6.07) is 14.7. The maximum atomic E-state index is 12.7. The highest BCUT2D eigenvalue weighted by molar-refractivity contribution is 7.89. The molecule has 0 unspecified atom stereocenters. The second-order valence-electron chi connectivity index (χ2n) is 5.63. The van der Waals surface area contributed by atoms with Gasteiger partial charge in [0.2, 0.25) is 11.8 Å². The van der Waals surface area contributed by atoms with Gasteiger partial charge in [-0.05, 0) is 23.8 Å². The van der Waals surface area contributed by atoms with Gasteiger partial charge in [-0.15, -0.1) is 0 Å². The van der Waals surface area contributed by atoms with Gasteiger partial charge >= 0.3 is 0 Å². The third kappa shape index (κ3) is 2.90. The van der Waals surface area contributed by atoms with Crippen molar-refractivity contribution in [1.82, 2.24) is 4.31 Å². The Kier molecular flexibility index (Phi) is 4.11. The van der Waals surface area contributed by atoms with Gasteiger partial charge in [-0.2, -0.15) is 0 Å². The first-order valence-electron chi connectivity index (χ1n) is 7.40. The molecule has 1 saturated heterocycles. The molecule has 0 saturated carbocycles. The van der Waals surface area contributed by atoms with Gasteiger partial charge in [0, 0.05) is 24.4 Å². The Morgan fingerprint density at radius 1 is 1.08 bits per heavy atom. The lowest BCUT2D eigenvalue weighted by Crippen LogP contribution is -2.32. The largest absolute Gasteiger partial charge is 0.366 e. The Morgan fingerprint density at radius 3 is 2.46 bits per heavy atom. The Morgan fingerprint density at radius 2 is 1.79 bits per heavy atom. The zero-order chi connectivity index (χ0) is 17.3. The fraction of sp³-hybridized carbons (Fsp3) is 0.176. The summed E-state index contributed by atoms with van der Waals surface area (Å²) in [6.45, 7) is 0.0893. The molecule has 2 N–H and O–H groups in total. The predicted molar refractivity (Wildman–Crippen MR) is 87.7 cm³/mol. The van der Waals surface area contributed by atoms with E-state index >= 15 is 0 Å². The zero-order valence-electron chi connectivity index (χ0n) is 12.8. The molecule has 0 aromatic heterocycles. The van der Waals surface area contributed by atoms with Gasteiger partial charge < -0.3 is 5.73 Å². The van der Waals surface area contributed by atoms with E-state index in [9.17, 15) is 18.0 Å². The molecule has 124 valence electrons. The standard InChI is InChI=1S/C17H16N2O4S/c18-17(21)13-7-4-8-15(9-13)24(22,23)19-11-14(10-16(19)20)12-5-2-1-3-6-12/h1-9,14H,10-11H2,(H2,18,21)/t14-/m0/s1. The maximum absolute atomic E-state index is 12.7. The third-order valence-electron chi connectivity index (χ3n) is 4.06. The van der Waals surface area contributed by atoms with E-state index in [1.54, 1.807) is 0 Å². The summed E-state index contributed by atoms with van der Waals surface area (Å²) in [6.07, 6.45) is 0.138. The number of nitrogens with two attached hydrogens (primary N) is 1. The SMILES string of the molecule is NC(=O)c1cccc(S(=O)(=O)N2C[C@@H](c3ccccc3)CC2=O)c1. The van der Waals surface area contributed by atoms with E-state index in [-0.39, 0.29) is 29.3 Å². The van der Waals surface area contributed by atoms with Gasteiger partial charge in [-0.3, -0.25) is 9.59 Å². The van der Waals surface area contributed by atoms with E-state index < -0.39 is 21.8 Å². The highest BCUT2D eigenvalue weighted by Crippen LogP contribution is 2.32. The van der Waals surface area contributed by atoms with Crippen LogP contribution < -0.4 is 5.73 Å². The minimum atomic E-state index is -4.01. The molecule has 0 bridgehead atoms. The lowest BCUT2D eigenvalue weighted by atomic mass is 9.99. The molecular formula is C17H16N2O4S. The molecule has 7 heteroatoms. The Bertz CT molecular complexity index is 894. The van der Waals surface area contributed by atoms with Crippen molar-refractivity contribution < 1.29 is 18.0 Å². The van der Waals surface area contributed by atoms with Gasteiger partial charge in [0.25, 0.3) is 10.0 Å². The molecule has 24 heavy (non-hydrogen) atoms. The third-order valence-corrected chi connectivity index (χ3v) is 5.85. The van der Waals surface area contributed by atoms with E-state index in [1.807, 2.05) is 30.3 Å². The van der Waals surface area contributed by atoms with Crippen molar-refractivity contribution >= 4 is 21.8 Å². The second kappa shape index (κ2) is 6.09. The first-order valence-corrected chi connectivity index (χ1v) is 8.84. The fourth-order valence-corrected chi connectivity index (χ4v) is 4.30. The van der Waals surface area contributed by atoms with Gasteiger partial charge in [0.15, 0.2) is 0 Å². The predicted octanol–water partition coefficient (Wildman–Crippen LogP) is 1.49. The van der Waals surface area contributed by atoms with Crippen LogP contribution in [0.5, 0.6) is 0 Å². The van der Waals surface area contributed by atoms with Crippen LogP contribution in [0.15, 0.2) is 59.5 Å².